The van der Waals surface area contributed by atoms with E-state index < -0.39 is 6.10 Å². The summed E-state index contributed by atoms with van der Waals surface area (Å²) in [5.41, 5.74) is 4.12. The quantitative estimate of drug-likeness (QED) is 0.625. The number of benzene rings is 1. The lowest BCUT2D eigenvalue weighted by molar-refractivity contribution is -0.143. The second-order valence-electron chi connectivity index (χ2n) is 11.9. The molecule has 3 saturated carbocycles. The number of halogens is 1. The van der Waals surface area contributed by atoms with E-state index in [-0.39, 0.29) is 40.9 Å². The summed E-state index contributed by atoms with van der Waals surface area (Å²) in [6, 6.07) is 6.44. The van der Waals surface area contributed by atoms with Crippen LogP contribution in [0.2, 0.25) is 0 Å². The molecule has 1 amide bonds. The zero-order chi connectivity index (χ0) is 25.2. The Bertz CT molecular complexity index is 1270. The maximum atomic E-state index is 13.5. The van der Waals surface area contributed by atoms with E-state index in [0.29, 0.717) is 18.3 Å². The van der Waals surface area contributed by atoms with Crippen molar-refractivity contribution in [2.24, 2.45) is 34.5 Å². The second kappa shape index (κ2) is 8.31. The largest absolute Gasteiger partial charge is 0.393 e. The van der Waals surface area contributed by atoms with Gasteiger partial charge in [0.1, 0.15) is 5.82 Å². The predicted octanol–water partition coefficient (Wildman–Crippen LogP) is 4.53. The molecule has 2 N–H and O–H groups in total. The molecule has 6 heteroatoms. The molecule has 0 aliphatic heterocycles. The number of carbonyl (C=O) groups is 1. The van der Waals surface area contributed by atoms with Crippen LogP contribution < -0.4 is 5.32 Å². The average Bonchev–Trinajstić information content (AvgIpc) is 3.40. The van der Waals surface area contributed by atoms with Gasteiger partial charge in [0.05, 0.1) is 30.2 Å². The smallest absolute Gasteiger partial charge is 0.224 e. The number of aromatic nitrogens is 2. The van der Waals surface area contributed by atoms with Gasteiger partial charge in [-0.05, 0) is 103 Å². The van der Waals surface area contributed by atoms with Gasteiger partial charge >= 0.3 is 0 Å². The third kappa shape index (κ3) is 3.32. The fourth-order valence-electron chi connectivity index (χ4n) is 8.66. The molecular weight excluding hydrogens is 453 g/mol. The van der Waals surface area contributed by atoms with Crippen LogP contribution in [0.25, 0.3) is 11.8 Å². The number of hydrogen-bond acceptors (Lipinski definition) is 3. The average molecular weight is 488 g/mol. The number of aliphatic hydroxyl groups excluding tert-OH is 1. The Morgan fingerprint density at radius 1 is 1.28 bits per heavy atom. The maximum absolute atomic E-state index is 13.5. The number of nitrogens with zero attached hydrogens (tertiary/aromatic N) is 2. The monoisotopic (exact) mass is 487 g/mol. The van der Waals surface area contributed by atoms with Crippen LogP contribution in [0, 0.1) is 52.7 Å². The van der Waals surface area contributed by atoms with Crippen LogP contribution in [0.15, 0.2) is 36.0 Å². The third-order valence-corrected chi connectivity index (χ3v) is 10.2. The van der Waals surface area contributed by atoms with Crippen LogP contribution in [0.1, 0.15) is 57.2 Å². The molecular formula is C30H34FN3O2. The van der Waals surface area contributed by atoms with Gasteiger partial charge in [0, 0.05) is 5.92 Å². The molecule has 7 atom stereocenters. The summed E-state index contributed by atoms with van der Waals surface area (Å²) in [5, 5.41) is 19.3. The second-order valence-corrected chi connectivity index (χ2v) is 11.9. The summed E-state index contributed by atoms with van der Waals surface area (Å²) < 4.78 is 15.4. The van der Waals surface area contributed by atoms with Gasteiger partial charge < -0.3 is 10.4 Å². The summed E-state index contributed by atoms with van der Waals surface area (Å²) in [6.45, 7) is 4.81. The van der Waals surface area contributed by atoms with Crippen LogP contribution >= 0.6 is 0 Å². The number of nitrogens with one attached hydrogen (secondary N) is 1. The predicted molar refractivity (Wildman–Crippen MR) is 136 cm³/mol. The lowest BCUT2D eigenvalue weighted by Crippen LogP contribution is -2.57. The van der Waals surface area contributed by atoms with Crippen molar-refractivity contribution < 1.29 is 14.3 Å². The first-order valence-corrected chi connectivity index (χ1v) is 13.2. The molecule has 1 aromatic heterocycles. The van der Waals surface area contributed by atoms with Gasteiger partial charge in [-0.2, -0.15) is 5.10 Å². The lowest BCUT2D eigenvalue weighted by Gasteiger charge is -2.59. The molecule has 7 unspecified atom stereocenters. The SMILES string of the molecule is C#CCNC(=O)C1CCC2C3CCC4=Cc5c(cnn5-c5ccc(F)cc5)CC4(C)C3C(O)CC12C. The minimum Gasteiger partial charge on any atom is -0.393 e. The topological polar surface area (TPSA) is 67.2 Å². The van der Waals surface area contributed by atoms with E-state index in [1.165, 1.54) is 23.3 Å². The number of fused-ring (bicyclic) bond motifs is 6. The summed E-state index contributed by atoms with van der Waals surface area (Å²) in [7, 11) is 0. The number of terminal acetylenes is 1. The Labute approximate surface area is 212 Å². The van der Waals surface area contributed by atoms with Crippen molar-refractivity contribution >= 4 is 12.0 Å². The van der Waals surface area contributed by atoms with Crippen LogP contribution in [0.3, 0.4) is 0 Å². The van der Waals surface area contributed by atoms with Gasteiger partial charge in [-0.15, -0.1) is 6.42 Å². The normalized spacial score (nSPS) is 36.5. The molecule has 1 aromatic carbocycles. The van der Waals surface area contributed by atoms with Crippen LogP contribution in [-0.2, 0) is 11.2 Å². The van der Waals surface area contributed by atoms with E-state index in [0.717, 1.165) is 43.5 Å². The van der Waals surface area contributed by atoms with Gasteiger partial charge in [0.25, 0.3) is 0 Å². The molecule has 4 aliphatic rings. The standard InChI is InChI=1S/C30H34FN3O2/c1-4-13-32-28(36)24-12-11-23-22-10-5-19-14-25-18(17-33-34(25)21-8-6-20(31)7-9-21)15-29(19,2)27(22)26(35)16-30(23,24)3/h1,6-9,14,17,22-24,26-27,35H,5,10-13,15-16H2,2-3H3,(H,32,36). The molecule has 4 aliphatic carbocycles. The molecule has 0 bridgehead atoms. The Balaban J connectivity index is 1.32. The van der Waals surface area contributed by atoms with E-state index in [1.54, 1.807) is 12.1 Å². The van der Waals surface area contributed by atoms with Gasteiger partial charge in [0.15, 0.2) is 0 Å². The summed E-state index contributed by atoms with van der Waals surface area (Å²) >= 11 is 0. The molecule has 2 aromatic rings. The number of hydrogen-bond donors (Lipinski definition) is 2. The molecule has 0 saturated heterocycles. The minimum atomic E-state index is -0.459. The van der Waals surface area contributed by atoms with Crippen LogP contribution in [-0.4, -0.2) is 33.4 Å². The van der Waals surface area contributed by atoms with Crippen molar-refractivity contribution in [2.45, 2.75) is 58.5 Å². The summed E-state index contributed by atoms with van der Waals surface area (Å²) in [6.07, 6.45) is 14.5. The fourth-order valence-corrected chi connectivity index (χ4v) is 8.66. The van der Waals surface area contributed by atoms with Crippen LogP contribution in [0.4, 0.5) is 4.39 Å². The van der Waals surface area contributed by atoms with E-state index in [1.807, 2.05) is 10.9 Å². The lowest BCUT2D eigenvalue weighted by atomic mass is 9.46. The zero-order valence-electron chi connectivity index (χ0n) is 21.0. The van der Waals surface area contributed by atoms with Crippen molar-refractivity contribution in [1.82, 2.24) is 15.1 Å². The highest BCUT2D eigenvalue weighted by molar-refractivity contribution is 5.80. The van der Waals surface area contributed by atoms with Crippen molar-refractivity contribution in [2.75, 3.05) is 6.54 Å². The van der Waals surface area contributed by atoms with Gasteiger partial charge in [-0.25, -0.2) is 9.07 Å². The number of allylic oxidation sites excluding steroid dienone is 1. The van der Waals surface area contributed by atoms with Crippen molar-refractivity contribution in [3.05, 3.63) is 53.1 Å². The van der Waals surface area contributed by atoms with Crippen molar-refractivity contribution in [3.8, 4) is 18.0 Å². The summed E-state index contributed by atoms with van der Waals surface area (Å²) in [4.78, 5) is 13.0. The molecule has 1 heterocycles. The maximum Gasteiger partial charge on any atom is 0.224 e. The molecule has 0 spiro atoms. The number of rotatable bonds is 3. The number of carbonyl (C=O) groups excluding carboxylic acids is 1. The Kier molecular flexibility index (Phi) is 5.42. The number of aliphatic hydroxyl groups is 1. The van der Waals surface area contributed by atoms with Gasteiger partial charge in [-0.1, -0.05) is 25.3 Å². The highest BCUT2D eigenvalue weighted by Gasteiger charge is 2.63. The zero-order valence-corrected chi connectivity index (χ0v) is 21.0. The van der Waals surface area contributed by atoms with Gasteiger partial charge in [-0.3, -0.25) is 4.79 Å². The minimum absolute atomic E-state index is 0.0433. The molecule has 3 fully saturated rings. The molecule has 36 heavy (non-hydrogen) atoms. The number of amides is 1. The van der Waals surface area contributed by atoms with E-state index >= 15 is 0 Å². The van der Waals surface area contributed by atoms with Crippen LogP contribution in [0.5, 0.6) is 0 Å². The molecule has 188 valence electrons. The van der Waals surface area contributed by atoms with Gasteiger partial charge in [0.2, 0.25) is 5.91 Å². The summed E-state index contributed by atoms with van der Waals surface area (Å²) in [5.74, 6) is 3.17. The van der Waals surface area contributed by atoms with E-state index in [2.05, 4.69) is 36.3 Å². The Hall–Kier alpha value is -2.91. The Morgan fingerprint density at radius 2 is 2.06 bits per heavy atom. The van der Waals surface area contributed by atoms with E-state index in [9.17, 15) is 14.3 Å². The van der Waals surface area contributed by atoms with E-state index in [4.69, 9.17) is 6.42 Å². The third-order valence-electron chi connectivity index (χ3n) is 10.2. The van der Waals surface area contributed by atoms with Crippen molar-refractivity contribution in [3.63, 3.8) is 0 Å². The molecule has 0 radical (unpaired) electrons. The first-order valence-electron chi connectivity index (χ1n) is 13.2. The molecule has 6 rings (SSSR count). The van der Waals surface area contributed by atoms with Crippen molar-refractivity contribution in [1.29, 1.82) is 0 Å². The highest BCUT2D eigenvalue weighted by Crippen LogP contribution is 2.66. The fraction of sp³-hybridized carbons (Fsp3) is 0.533. The first-order chi connectivity index (χ1) is 17.3. The molecule has 5 nitrogen and oxygen atoms in total. The first kappa shape index (κ1) is 23.5. The highest BCUT2D eigenvalue weighted by atomic mass is 19.1. The Morgan fingerprint density at radius 3 is 2.81 bits per heavy atom.